The summed E-state index contributed by atoms with van der Waals surface area (Å²) >= 11 is 0. The van der Waals surface area contributed by atoms with Gasteiger partial charge in [-0.15, -0.1) is 0 Å². The first-order valence-corrected chi connectivity index (χ1v) is 8.86. The quantitative estimate of drug-likeness (QED) is 0.757. The van der Waals surface area contributed by atoms with Gasteiger partial charge in [0.1, 0.15) is 18.0 Å². The molecule has 2 saturated heterocycles. The van der Waals surface area contributed by atoms with E-state index in [1.165, 1.54) is 0 Å². The van der Waals surface area contributed by atoms with Crippen LogP contribution >= 0.6 is 0 Å². The molecule has 26 heavy (non-hydrogen) atoms. The molecule has 2 fully saturated rings. The summed E-state index contributed by atoms with van der Waals surface area (Å²) in [5, 5.41) is 19.0. The minimum atomic E-state index is -0.961. The van der Waals surface area contributed by atoms with Crippen LogP contribution < -0.4 is 0 Å². The van der Waals surface area contributed by atoms with Gasteiger partial charge in [0.2, 0.25) is 0 Å². The molecule has 0 spiro atoms. The van der Waals surface area contributed by atoms with E-state index in [9.17, 15) is 19.8 Å². The number of aliphatic hydroxyl groups excluding tert-OH is 1. The second kappa shape index (κ2) is 6.83. The van der Waals surface area contributed by atoms with Gasteiger partial charge in [0.15, 0.2) is 0 Å². The van der Waals surface area contributed by atoms with Crippen molar-refractivity contribution in [2.75, 3.05) is 32.8 Å². The van der Waals surface area contributed by atoms with Gasteiger partial charge in [0.25, 0.3) is 0 Å². The molecule has 0 aromatic rings. The van der Waals surface area contributed by atoms with E-state index in [1.807, 2.05) is 26.8 Å². The molecule has 144 valence electrons. The van der Waals surface area contributed by atoms with Gasteiger partial charge in [0.05, 0.1) is 24.3 Å². The van der Waals surface area contributed by atoms with E-state index in [1.54, 1.807) is 4.90 Å². The lowest BCUT2D eigenvalue weighted by molar-refractivity contribution is -0.140. The highest BCUT2D eigenvalue weighted by atomic mass is 16.6. The smallest absolute Gasteiger partial charge is 0.410 e. The number of carboxylic acids is 1. The fourth-order valence-corrected chi connectivity index (χ4v) is 3.62. The monoisotopic (exact) mass is 366 g/mol. The number of amides is 1. The third-order valence-corrected chi connectivity index (χ3v) is 4.82. The van der Waals surface area contributed by atoms with Gasteiger partial charge < -0.3 is 29.5 Å². The van der Waals surface area contributed by atoms with Gasteiger partial charge in [-0.25, -0.2) is 4.79 Å². The Morgan fingerprint density at radius 1 is 1.35 bits per heavy atom. The second-order valence-corrected chi connectivity index (χ2v) is 7.81. The van der Waals surface area contributed by atoms with Gasteiger partial charge >= 0.3 is 12.1 Å². The molecule has 0 saturated carbocycles. The van der Waals surface area contributed by atoms with E-state index in [-0.39, 0.29) is 18.7 Å². The van der Waals surface area contributed by atoms with Gasteiger partial charge in [-0.05, 0) is 27.2 Å². The highest BCUT2D eigenvalue weighted by Gasteiger charge is 2.41. The van der Waals surface area contributed by atoms with Crippen LogP contribution in [0, 0.1) is 5.92 Å². The summed E-state index contributed by atoms with van der Waals surface area (Å²) < 4.78 is 11.3. The van der Waals surface area contributed by atoms with Crippen molar-refractivity contribution < 1.29 is 29.3 Å². The highest BCUT2D eigenvalue weighted by molar-refractivity contribution is 5.75. The number of aliphatic carboxylic acids is 1. The normalized spacial score (nSPS) is 25.8. The average Bonchev–Trinajstić information content (AvgIpc) is 2.58. The maximum absolute atomic E-state index is 12.3. The van der Waals surface area contributed by atoms with Crippen LogP contribution in [0.15, 0.2) is 23.1 Å². The number of hydrogen-bond donors (Lipinski definition) is 2. The predicted octanol–water partition coefficient (Wildman–Crippen LogP) is 1.17. The first kappa shape index (κ1) is 18.6. The van der Waals surface area contributed by atoms with Crippen molar-refractivity contribution >= 4 is 12.1 Å². The Balaban J connectivity index is 1.75. The molecule has 1 aliphatic carbocycles. The zero-order valence-corrected chi connectivity index (χ0v) is 15.4. The van der Waals surface area contributed by atoms with Gasteiger partial charge in [-0.2, -0.15) is 0 Å². The van der Waals surface area contributed by atoms with Crippen molar-refractivity contribution in [1.82, 2.24) is 9.80 Å². The third kappa shape index (κ3) is 3.51. The minimum absolute atomic E-state index is 0.0208. The number of hydrogen-bond acceptors (Lipinski definition) is 6. The number of piperazine rings is 1. The summed E-state index contributed by atoms with van der Waals surface area (Å²) in [5.74, 6) is -1.23. The predicted molar refractivity (Wildman–Crippen MR) is 92.2 cm³/mol. The van der Waals surface area contributed by atoms with Crippen molar-refractivity contribution in [2.45, 2.75) is 38.8 Å². The molecule has 2 unspecified atom stereocenters. The van der Waals surface area contributed by atoms with Crippen LogP contribution in [0.4, 0.5) is 4.79 Å². The summed E-state index contributed by atoms with van der Waals surface area (Å²) in [6, 6.07) is -0.0208. The molecule has 0 aromatic carbocycles. The molecule has 0 aromatic heterocycles. The maximum atomic E-state index is 12.3. The van der Waals surface area contributed by atoms with Gasteiger partial charge in [0, 0.05) is 25.2 Å². The molecule has 3 aliphatic rings. The topological polar surface area (TPSA) is 99.5 Å². The summed E-state index contributed by atoms with van der Waals surface area (Å²) in [5.41, 5.74) is 0.704. The largest absolute Gasteiger partial charge is 0.489 e. The van der Waals surface area contributed by atoms with Crippen LogP contribution in [-0.2, 0) is 14.3 Å². The van der Waals surface area contributed by atoms with E-state index in [0.29, 0.717) is 44.0 Å². The lowest BCUT2D eigenvalue weighted by atomic mass is 9.88. The molecule has 2 atom stereocenters. The molecule has 8 nitrogen and oxygen atoms in total. The average molecular weight is 366 g/mol. The first-order chi connectivity index (χ1) is 12.2. The maximum Gasteiger partial charge on any atom is 0.410 e. The fraction of sp³-hybridized carbons (Fsp3) is 0.667. The molecule has 3 rings (SSSR count). The SMILES string of the molecule is CC(C)(C)OC(=O)N1CCN2C3=CCC(C(=O)O)C(CO)=C3OCC2C1. The van der Waals surface area contributed by atoms with Crippen LogP contribution in [0.5, 0.6) is 0 Å². The number of carbonyl (C=O) groups is 2. The number of aliphatic hydroxyl groups is 1. The Bertz CT molecular complexity index is 663. The van der Waals surface area contributed by atoms with E-state index in [2.05, 4.69) is 4.90 Å². The number of rotatable bonds is 2. The summed E-state index contributed by atoms with van der Waals surface area (Å²) in [7, 11) is 0. The lowest BCUT2D eigenvalue weighted by Gasteiger charge is -2.48. The summed E-state index contributed by atoms with van der Waals surface area (Å²) in [4.78, 5) is 27.5. The molecule has 1 amide bonds. The van der Waals surface area contributed by atoms with Gasteiger partial charge in [-0.3, -0.25) is 4.79 Å². The number of morpholine rings is 1. The van der Waals surface area contributed by atoms with Crippen LogP contribution in [0.2, 0.25) is 0 Å². The third-order valence-electron chi connectivity index (χ3n) is 4.82. The van der Waals surface area contributed by atoms with Crippen molar-refractivity contribution in [2.24, 2.45) is 5.92 Å². The summed E-state index contributed by atoms with van der Waals surface area (Å²) in [6.07, 6.45) is 1.85. The standard InChI is InChI=1S/C18H26N2O6/c1-18(2,3)26-17(24)19-6-7-20-11(8-19)10-25-15-13(9-21)12(16(22)23)4-5-14(15)20/h5,11-12,21H,4,6-10H2,1-3H3,(H,22,23). The zero-order valence-electron chi connectivity index (χ0n) is 15.4. The number of ether oxygens (including phenoxy) is 2. The molecule has 2 heterocycles. The Hall–Kier alpha value is -2.22. The highest BCUT2D eigenvalue weighted by Crippen LogP contribution is 2.37. The molecule has 0 bridgehead atoms. The van der Waals surface area contributed by atoms with Crippen LogP contribution in [0.3, 0.4) is 0 Å². The van der Waals surface area contributed by atoms with Crippen LogP contribution in [0.1, 0.15) is 27.2 Å². The lowest BCUT2D eigenvalue weighted by Crippen LogP contribution is -2.58. The Kier molecular flexibility index (Phi) is 4.88. The number of carbonyl (C=O) groups excluding carboxylic acids is 1. The van der Waals surface area contributed by atoms with Crippen LogP contribution in [-0.4, -0.2) is 76.6 Å². The molecule has 2 N–H and O–H groups in total. The second-order valence-electron chi connectivity index (χ2n) is 7.81. The zero-order chi connectivity index (χ0) is 19.1. The Labute approximate surface area is 152 Å². The number of carboxylic acid groups (broad SMARTS) is 1. The van der Waals surface area contributed by atoms with E-state index in [4.69, 9.17) is 9.47 Å². The van der Waals surface area contributed by atoms with Crippen molar-refractivity contribution in [3.63, 3.8) is 0 Å². The number of allylic oxidation sites excluding steroid dienone is 1. The van der Waals surface area contributed by atoms with E-state index >= 15 is 0 Å². The molecular weight excluding hydrogens is 340 g/mol. The van der Waals surface area contributed by atoms with Crippen molar-refractivity contribution in [3.8, 4) is 0 Å². The minimum Gasteiger partial charge on any atom is -0.489 e. The van der Waals surface area contributed by atoms with E-state index in [0.717, 1.165) is 5.70 Å². The molecular formula is C18H26N2O6. The van der Waals surface area contributed by atoms with Crippen molar-refractivity contribution in [1.29, 1.82) is 0 Å². The van der Waals surface area contributed by atoms with E-state index < -0.39 is 17.5 Å². The fourth-order valence-electron chi connectivity index (χ4n) is 3.62. The molecule has 8 heteroatoms. The first-order valence-electron chi connectivity index (χ1n) is 8.86. The number of nitrogens with zero attached hydrogens (tertiary/aromatic N) is 2. The van der Waals surface area contributed by atoms with Crippen LogP contribution in [0.25, 0.3) is 0 Å². The molecule has 2 aliphatic heterocycles. The molecule has 0 radical (unpaired) electrons. The summed E-state index contributed by atoms with van der Waals surface area (Å²) in [6.45, 7) is 7.12. The Morgan fingerprint density at radius 2 is 2.08 bits per heavy atom. The van der Waals surface area contributed by atoms with Crippen molar-refractivity contribution in [3.05, 3.63) is 23.1 Å². The van der Waals surface area contributed by atoms with Gasteiger partial charge in [-0.1, -0.05) is 6.08 Å². The number of fused-ring (bicyclic) bond motifs is 3. The Morgan fingerprint density at radius 3 is 2.69 bits per heavy atom.